The van der Waals surface area contributed by atoms with Crippen LogP contribution in [0.1, 0.15) is 33.6 Å². The molecule has 0 radical (unpaired) electrons. The third-order valence-electron chi connectivity index (χ3n) is 5.49. The number of hydrogen-bond donors (Lipinski definition) is 1. The molecule has 4 rings (SSSR count). The number of benzene rings is 1. The molecular formula is C22H21F4N3O2S. The molecule has 0 unspecified atom stereocenters. The molecule has 32 heavy (non-hydrogen) atoms. The Morgan fingerprint density at radius 3 is 2.62 bits per heavy atom. The molecular weight excluding hydrogens is 446 g/mol. The van der Waals surface area contributed by atoms with Gasteiger partial charge < -0.3 is 15.0 Å². The molecule has 3 aromatic rings. The molecule has 1 fully saturated rings. The molecule has 3 heterocycles. The summed E-state index contributed by atoms with van der Waals surface area (Å²) in [5, 5.41) is 3.42. The number of alkyl halides is 3. The van der Waals surface area contributed by atoms with Gasteiger partial charge in [-0.25, -0.2) is 9.37 Å². The van der Waals surface area contributed by atoms with Crippen molar-refractivity contribution in [2.75, 3.05) is 25.1 Å². The van der Waals surface area contributed by atoms with Gasteiger partial charge in [-0.05, 0) is 37.1 Å². The van der Waals surface area contributed by atoms with Crippen LogP contribution in [-0.2, 0) is 17.5 Å². The Bertz CT molecular complexity index is 1110. The molecule has 1 N–H and O–H groups in total. The van der Waals surface area contributed by atoms with Crippen LogP contribution >= 0.6 is 11.3 Å². The lowest BCUT2D eigenvalue weighted by molar-refractivity contribution is -0.137. The number of piperidine rings is 1. The maximum absolute atomic E-state index is 14.3. The van der Waals surface area contributed by atoms with Crippen molar-refractivity contribution in [3.63, 3.8) is 0 Å². The molecule has 0 atom stereocenters. The molecule has 170 valence electrons. The predicted molar refractivity (Wildman–Crippen MR) is 114 cm³/mol. The van der Waals surface area contributed by atoms with Gasteiger partial charge in [0.1, 0.15) is 11.6 Å². The number of nitrogens with zero attached hydrogens (tertiary/aromatic N) is 2. The Hall–Kier alpha value is -2.72. The van der Waals surface area contributed by atoms with Crippen LogP contribution in [-0.4, -0.2) is 37.1 Å². The topological polar surface area (TPSA) is 54.5 Å². The fourth-order valence-corrected chi connectivity index (χ4v) is 5.00. The van der Waals surface area contributed by atoms with Crippen molar-refractivity contribution in [3.8, 4) is 0 Å². The number of thiophene rings is 1. The van der Waals surface area contributed by atoms with Crippen LogP contribution in [0.15, 0.2) is 36.5 Å². The van der Waals surface area contributed by atoms with Crippen LogP contribution in [0.5, 0.6) is 0 Å². The van der Waals surface area contributed by atoms with Gasteiger partial charge in [0.25, 0.3) is 5.91 Å². The number of nitrogens with one attached hydrogen (secondary N) is 1. The Morgan fingerprint density at radius 1 is 1.25 bits per heavy atom. The van der Waals surface area contributed by atoms with Crippen LogP contribution in [0.2, 0.25) is 0 Å². The summed E-state index contributed by atoms with van der Waals surface area (Å²) in [7, 11) is 1.50. The van der Waals surface area contributed by atoms with Crippen molar-refractivity contribution < 1.29 is 27.1 Å². The maximum atomic E-state index is 14.3. The van der Waals surface area contributed by atoms with Crippen molar-refractivity contribution in [1.29, 1.82) is 0 Å². The highest BCUT2D eigenvalue weighted by Crippen LogP contribution is 2.34. The van der Waals surface area contributed by atoms with Crippen LogP contribution in [0.25, 0.3) is 10.1 Å². The first kappa shape index (κ1) is 22.5. The minimum Gasteiger partial charge on any atom is -0.380 e. The number of anilines is 1. The quantitative estimate of drug-likeness (QED) is 0.537. The molecule has 1 aliphatic rings. The summed E-state index contributed by atoms with van der Waals surface area (Å²) in [6.07, 6.45) is -2.35. The minimum atomic E-state index is -4.42. The second-order valence-electron chi connectivity index (χ2n) is 7.59. The number of hydrogen-bond acceptors (Lipinski definition) is 5. The number of pyridine rings is 1. The third kappa shape index (κ3) is 4.56. The highest BCUT2D eigenvalue weighted by Gasteiger charge is 2.31. The molecule has 0 bridgehead atoms. The number of ether oxygens (including phenoxy) is 1. The summed E-state index contributed by atoms with van der Waals surface area (Å²) in [4.78, 5) is 19.2. The Balaban J connectivity index is 1.42. The smallest absolute Gasteiger partial charge is 0.380 e. The Kier molecular flexibility index (Phi) is 6.34. The zero-order chi connectivity index (χ0) is 22.9. The minimum absolute atomic E-state index is 0.0985. The zero-order valence-electron chi connectivity index (χ0n) is 17.2. The average Bonchev–Trinajstić information content (AvgIpc) is 3.14. The predicted octanol–water partition coefficient (Wildman–Crippen LogP) is 5.00. The molecule has 1 aromatic carbocycles. The van der Waals surface area contributed by atoms with E-state index in [0.29, 0.717) is 52.3 Å². The maximum Gasteiger partial charge on any atom is 0.417 e. The first-order chi connectivity index (χ1) is 15.3. The van der Waals surface area contributed by atoms with E-state index in [-0.39, 0.29) is 24.4 Å². The molecule has 10 heteroatoms. The van der Waals surface area contributed by atoms with E-state index in [0.717, 1.165) is 12.3 Å². The number of rotatable bonds is 5. The lowest BCUT2D eigenvalue weighted by atomic mass is 10.0. The number of methoxy groups -OCH3 is 1. The lowest BCUT2D eigenvalue weighted by Gasteiger charge is -2.33. The van der Waals surface area contributed by atoms with Crippen molar-refractivity contribution in [2.45, 2.75) is 31.7 Å². The molecule has 5 nitrogen and oxygen atoms in total. The highest BCUT2D eigenvalue weighted by atomic mass is 32.1. The van der Waals surface area contributed by atoms with Crippen LogP contribution in [0, 0.1) is 5.82 Å². The highest BCUT2D eigenvalue weighted by molar-refractivity contribution is 7.21. The van der Waals surface area contributed by atoms with Crippen molar-refractivity contribution in [1.82, 2.24) is 10.3 Å². The lowest BCUT2D eigenvalue weighted by Crippen LogP contribution is -2.45. The number of carbonyl (C=O) groups excluding carboxylic acids is 1. The van der Waals surface area contributed by atoms with Crippen LogP contribution in [0.3, 0.4) is 0 Å². The van der Waals surface area contributed by atoms with E-state index in [2.05, 4.69) is 10.3 Å². The number of fused-ring (bicyclic) bond motifs is 1. The molecule has 1 aliphatic heterocycles. The van der Waals surface area contributed by atoms with Crippen molar-refractivity contribution in [3.05, 3.63) is 58.3 Å². The summed E-state index contributed by atoms with van der Waals surface area (Å²) in [6, 6.07) is 7.03. The Morgan fingerprint density at radius 2 is 2.00 bits per heavy atom. The molecule has 1 amide bonds. The Labute approximate surface area is 186 Å². The average molecular weight is 467 g/mol. The molecule has 0 saturated carbocycles. The fraction of sp³-hybridized carbons (Fsp3) is 0.364. The normalized spacial score (nSPS) is 15.3. The van der Waals surface area contributed by atoms with Crippen LogP contribution in [0.4, 0.5) is 23.4 Å². The number of carbonyl (C=O) groups is 1. The summed E-state index contributed by atoms with van der Waals surface area (Å²) >= 11 is 1.23. The van der Waals surface area contributed by atoms with Gasteiger partial charge in [-0.15, -0.1) is 11.3 Å². The summed E-state index contributed by atoms with van der Waals surface area (Å²) in [5.74, 6) is -0.184. The first-order valence-electron chi connectivity index (χ1n) is 10.1. The number of amides is 1. The molecule has 2 aromatic heterocycles. The second-order valence-corrected chi connectivity index (χ2v) is 8.65. The number of halogens is 4. The summed E-state index contributed by atoms with van der Waals surface area (Å²) in [6.45, 7) is 1.23. The van der Waals surface area contributed by atoms with Gasteiger partial charge in [0, 0.05) is 48.1 Å². The second kappa shape index (κ2) is 9.03. The first-order valence-corrected chi connectivity index (χ1v) is 10.9. The monoisotopic (exact) mass is 467 g/mol. The van der Waals surface area contributed by atoms with Crippen molar-refractivity contribution >= 4 is 33.1 Å². The SMILES string of the molecule is COCc1c(C(=O)NC2CCN(c3ccc(C(F)(F)F)cn3)CC2)sc2cccc(F)c12. The standard InChI is InChI=1S/C22H21F4N3O2S/c1-31-12-15-19-16(23)3-2-4-17(19)32-20(15)21(30)28-14-7-9-29(10-8-14)18-6-5-13(11-27-18)22(24,25)26/h2-6,11,14H,7-10,12H2,1H3,(H,28,30). The van der Waals surface area contributed by atoms with E-state index in [1.165, 1.54) is 30.6 Å². The van der Waals surface area contributed by atoms with E-state index >= 15 is 0 Å². The van der Waals surface area contributed by atoms with Crippen LogP contribution < -0.4 is 10.2 Å². The van der Waals surface area contributed by atoms with Gasteiger partial charge in [0.2, 0.25) is 0 Å². The summed E-state index contributed by atoms with van der Waals surface area (Å²) in [5.41, 5.74) is -0.246. The van der Waals surface area contributed by atoms with Gasteiger partial charge >= 0.3 is 6.18 Å². The van der Waals surface area contributed by atoms with Gasteiger partial charge in [-0.2, -0.15) is 13.2 Å². The molecule has 0 spiro atoms. The van der Waals surface area contributed by atoms with E-state index < -0.39 is 11.7 Å². The molecule has 1 saturated heterocycles. The third-order valence-corrected chi connectivity index (χ3v) is 6.68. The van der Waals surface area contributed by atoms with Gasteiger partial charge in [-0.3, -0.25) is 4.79 Å². The van der Waals surface area contributed by atoms with E-state index in [4.69, 9.17) is 4.74 Å². The van der Waals surface area contributed by atoms with E-state index in [1.54, 1.807) is 12.1 Å². The van der Waals surface area contributed by atoms with Crippen molar-refractivity contribution in [2.24, 2.45) is 0 Å². The van der Waals surface area contributed by atoms with E-state index in [1.807, 2.05) is 4.90 Å². The largest absolute Gasteiger partial charge is 0.417 e. The number of aromatic nitrogens is 1. The zero-order valence-corrected chi connectivity index (χ0v) is 18.0. The summed E-state index contributed by atoms with van der Waals surface area (Å²) < 4.78 is 58.4. The molecule has 0 aliphatic carbocycles. The van der Waals surface area contributed by atoms with Gasteiger partial charge in [0.05, 0.1) is 17.0 Å². The fourth-order valence-electron chi connectivity index (χ4n) is 3.88. The van der Waals surface area contributed by atoms with Gasteiger partial charge in [-0.1, -0.05) is 6.07 Å². The van der Waals surface area contributed by atoms with Gasteiger partial charge in [0.15, 0.2) is 0 Å². The van der Waals surface area contributed by atoms with E-state index in [9.17, 15) is 22.4 Å².